The molecule has 4 atom stereocenters. The lowest BCUT2D eigenvalue weighted by Gasteiger charge is -2.46. The summed E-state index contributed by atoms with van der Waals surface area (Å²) in [5.41, 5.74) is 1.95. The van der Waals surface area contributed by atoms with Crippen LogP contribution < -0.4 is 10.9 Å². The van der Waals surface area contributed by atoms with E-state index in [0.29, 0.717) is 48.3 Å². The highest BCUT2D eigenvalue weighted by molar-refractivity contribution is 9.10. The number of hydrogen-bond acceptors (Lipinski definition) is 7. The van der Waals surface area contributed by atoms with Crippen LogP contribution in [-0.4, -0.2) is 51.3 Å². The number of aliphatic carboxylic acids is 1. The number of carbonyl (C=O) groups excluding carboxylic acids is 2. The van der Waals surface area contributed by atoms with Gasteiger partial charge in [-0.1, -0.05) is 28.9 Å². The summed E-state index contributed by atoms with van der Waals surface area (Å²) < 4.78 is 14.0. The average molecular weight is 681 g/mol. The molecule has 6 rings (SSSR count). The Morgan fingerprint density at radius 2 is 2.04 bits per heavy atom. The third-order valence-electron chi connectivity index (χ3n) is 9.61. The van der Waals surface area contributed by atoms with Crippen LogP contribution in [0.3, 0.4) is 0 Å². The number of carboxylic acids is 1. The second-order valence-electron chi connectivity index (χ2n) is 13.6. The number of amides is 1. The summed E-state index contributed by atoms with van der Waals surface area (Å²) in [6.45, 7) is 7.63. The Morgan fingerprint density at radius 3 is 2.73 bits per heavy atom. The van der Waals surface area contributed by atoms with Crippen molar-refractivity contribution in [3.8, 4) is 11.4 Å². The van der Waals surface area contributed by atoms with E-state index in [1.54, 1.807) is 25.3 Å². The van der Waals surface area contributed by atoms with Crippen molar-refractivity contribution in [2.45, 2.75) is 78.0 Å². The van der Waals surface area contributed by atoms with Gasteiger partial charge in [0, 0.05) is 51.2 Å². The van der Waals surface area contributed by atoms with Gasteiger partial charge < -0.3 is 24.5 Å². The smallest absolute Gasteiger partial charge is 0.407 e. The largest absolute Gasteiger partial charge is 0.481 e. The lowest BCUT2D eigenvalue weighted by Crippen LogP contribution is -2.53. The molecule has 0 saturated heterocycles. The molecule has 3 aliphatic rings. The van der Waals surface area contributed by atoms with Gasteiger partial charge in [-0.05, 0) is 69.9 Å². The minimum Gasteiger partial charge on any atom is -0.481 e. The lowest BCUT2D eigenvalue weighted by molar-refractivity contribution is -0.153. The van der Waals surface area contributed by atoms with Gasteiger partial charge in [0.05, 0.1) is 42.6 Å². The fourth-order valence-corrected chi connectivity index (χ4v) is 7.96. The van der Waals surface area contributed by atoms with Crippen molar-refractivity contribution in [1.82, 2.24) is 14.9 Å². The van der Waals surface area contributed by atoms with Gasteiger partial charge >= 0.3 is 12.1 Å². The maximum atomic E-state index is 14.0. The van der Waals surface area contributed by atoms with Crippen molar-refractivity contribution in [3.05, 3.63) is 61.8 Å². The number of fused-ring (bicyclic) bond motifs is 5. The normalized spacial score (nSPS) is 23.2. The number of benzene rings is 1. The highest BCUT2D eigenvalue weighted by Gasteiger charge is 2.53. The van der Waals surface area contributed by atoms with Gasteiger partial charge in [-0.25, -0.2) is 9.78 Å². The van der Waals surface area contributed by atoms with Crippen molar-refractivity contribution in [1.29, 1.82) is 0 Å². The maximum Gasteiger partial charge on any atom is 0.407 e. The number of pyridine rings is 2. The first kappa shape index (κ1) is 31.4. The molecule has 2 N–H and O–H groups in total. The number of aromatic nitrogens is 2. The van der Waals surface area contributed by atoms with E-state index >= 15 is 0 Å². The predicted octanol–water partition coefficient (Wildman–Crippen LogP) is 5.79. The van der Waals surface area contributed by atoms with Gasteiger partial charge in [-0.2, -0.15) is 0 Å². The first-order valence-corrected chi connectivity index (χ1v) is 16.3. The third-order valence-corrected chi connectivity index (χ3v) is 10.3. The zero-order valence-electron chi connectivity index (χ0n) is 25.9. The number of Topliss-reactive ketones (excluding diaryl/α,β-unsaturated/α-hetero) is 1. The molecule has 11 heteroatoms. The van der Waals surface area contributed by atoms with Crippen molar-refractivity contribution in [2.24, 2.45) is 17.3 Å². The molecule has 1 saturated carbocycles. The monoisotopic (exact) mass is 679 g/mol. The Hall–Kier alpha value is -3.57. The molecule has 1 aliphatic carbocycles. The SMILES string of the molecule is CC[C@H]1CCC(CNC(=O)OC(C)(C)C)(C(C(=O)O)C2COCc3c2cc2n(c3=O)Cc3cc4c(Br)cccc4nc3-2)CC1=O. The van der Waals surface area contributed by atoms with Gasteiger partial charge in [-0.3, -0.25) is 14.4 Å². The standard InChI is InChI=1S/C34H38BrN3O7/c1-5-18-9-10-34(13-27(18)39,17-36-32(43)45-33(2,3)4)28(31(41)42)22-15-44-16-23-20(22)12-26-29-19(14-38(26)30(23)40)11-21-24(35)7-6-8-25(21)37-29/h6-8,11-12,18,22,28H,5,9-10,13-17H2,1-4H3,(H,36,43)(H,41,42)/t18-,22?,28?,34?/m0/s1. The quantitative estimate of drug-likeness (QED) is 0.261. The van der Waals surface area contributed by atoms with E-state index in [2.05, 4.69) is 21.2 Å². The van der Waals surface area contributed by atoms with Crippen molar-refractivity contribution in [2.75, 3.05) is 13.2 Å². The molecule has 2 aliphatic heterocycles. The number of ether oxygens (including phenoxy) is 2. The van der Waals surface area contributed by atoms with E-state index in [4.69, 9.17) is 14.5 Å². The Balaban J connectivity index is 1.44. The van der Waals surface area contributed by atoms with E-state index in [-0.39, 0.29) is 43.4 Å². The van der Waals surface area contributed by atoms with Gasteiger partial charge in [0.1, 0.15) is 11.4 Å². The summed E-state index contributed by atoms with van der Waals surface area (Å²) in [6, 6.07) is 9.71. The van der Waals surface area contributed by atoms with Crippen LogP contribution in [0.1, 0.15) is 76.0 Å². The number of ketones is 1. The molecule has 1 amide bonds. The molecule has 3 aromatic rings. The number of alkyl carbamates (subject to hydrolysis) is 1. The highest BCUT2D eigenvalue weighted by Crippen LogP contribution is 2.50. The minimum absolute atomic E-state index is 0.000711. The molecule has 0 spiro atoms. The fourth-order valence-electron chi connectivity index (χ4n) is 7.49. The predicted molar refractivity (Wildman–Crippen MR) is 171 cm³/mol. The molecule has 238 valence electrons. The Labute approximate surface area is 269 Å². The summed E-state index contributed by atoms with van der Waals surface area (Å²) in [4.78, 5) is 58.4. The molecule has 10 nitrogen and oxygen atoms in total. The number of carbonyl (C=O) groups is 3. The number of carboxylic acid groups (broad SMARTS) is 1. The number of rotatable bonds is 6. The van der Waals surface area contributed by atoms with Crippen LogP contribution >= 0.6 is 15.9 Å². The third kappa shape index (κ3) is 5.69. The summed E-state index contributed by atoms with van der Waals surface area (Å²) in [6.07, 6.45) is 0.934. The molecule has 1 aromatic carbocycles. The highest BCUT2D eigenvalue weighted by atomic mass is 79.9. The molecule has 0 radical (unpaired) electrons. The molecule has 3 unspecified atom stereocenters. The van der Waals surface area contributed by atoms with Crippen LogP contribution in [-0.2, 0) is 32.2 Å². The van der Waals surface area contributed by atoms with Gasteiger partial charge in [0.25, 0.3) is 5.56 Å². The summed E-state index contributed by atoms with van der Waals surface area (Å²) in [7, 11) is 0. The Kier molecular flexibility index (Phi) is 8.14. The number of halogens is 1. The maximum absolute atomic E-state index is 14.0. The number of hydrogen-bond donors (Lipinski definition) is 2. The topological polar surface area (TPSA) is 137 Å². The molecule has 1 fully saturated rings. The molecular weight excluding hydrogens is 642 g/mol. The van der Waals surface area contributed by atoms with Gasteiger partial charge in [0.15, 0.2) is 0 Å². The Morgan fingerprint density at radius 1 is 1.27 bits per heavy atom. The lowest BCUT2D eigenvalue weighted by atomic mass is 9.58. The zero-order chi connectivity index (χ0) is 32.3. The zero-order valence-corrected chi connectivity index (χ0v) is 27.5. The fraction of sp³-hybridized carbons (Fsp3) is 0.500. The van der Waals surface area contributed by atoms with Crippen LogP contribution in [0.5, 0.6) is 0 Å². The molecule has 4 heterocycles. The van der Waals surface area contributed by atoms with E-state index in [1.165, 1.54) is 0 Å². The summed E-state index contributed by atoms with van der Waals surface area (Å²) in [5, 5.41) is 14.6. The van der Waals surface area contributed by atoms with Crippen LogP contribution in [0.25, 0.3) is 22.3 Å². The van der Waals surface area contributed by atoms with Crippen molar-refractivity contribution >= 4 is 44.7 Å². The van der Waals surface area contributed by atoms with Crippen molar-refractivity contribution < 1.29 is 29.0 Å². The molecule has 2 aromatic heterocycles. The van der Waals surface area contributed by atoms with E-state index in [1.807, 2.05) is 37.3 Å². The van der Waals surface area contributed by atoms with Crippen LogP contribution in [0.15, 0.2) is 39.6 Å². The number of nitrogens with one attached hydrogen (secondary N) is 1. The summed E-state index contributed by atoms with van der Waals surface area (Å²) in [5.74, 6) is -3.11. The van der Waals surface area contributed by atoms with E-state index < -0.39 is 34.9 Å². The van der Waals surface area contributed by atoms with Gasteiger partial charge in [-0.15, -0.1) is 0 Å². The Bertz CT molecular complexity index is 1780. The second kappa shape index (κ2) is 11.7. The second-order valence-corrected chi connectivity index (χ2v) is 14.5. The summed E-state index contributed by atoms with van der Waals surface area (Å²) >= 11 is 3.60. The van der Waals surface area contributed by atoms with E-state index in [9.17, 15) is 24.3 Å². The first-order valence-electron chi connectivity index (χ1n) is 15.5. The van der Waals surface area contributed by atoms with E-state index in [0.717, 1.165) is 20.9 Å². The minimum atomic E-state index is -1.11. The van der Waals surface area contributed by atoms with Crippen LogP contribution in [0.2, 0.25) is 0 Å². The first-order chi connectivity index (χ1) is 21.3. The van der Waals surface area contributed by atoms with Crippen LogP contribution in [0, 0.1) is 17.3 Å². The molecule has 45 heavy (non-hydrogen) atoms. The van der Waals surface area contributed by atoms with Crippen LogP contribution in [0.4, 0.5) is 4.79 Å². The average Bonchev–Trinajstić information content (AvgIpc) is 3.33. The molecule has 0 bridgehead atoms. The van der Waals surface area contributed by atoms with Crippen molar-refractivity contribution in [3.63, 3.8) is 0 Å². The molecular formula is C34H38BrN3O7. The number of nitrogens with zero attached hydrogens (tertiary/aromatic N) is 2. The van der Waals surface area contributed by atoms with Gasteiger partial charge in [0.2, 0.25) is 0 Å².